The lowest BCUT2D eigenvalue weighted by atomic mass is 9.93. The van der Waals surface area contributed by atoms with E-state index in [4.69, 9.17) is 4.74 Å². The zero-order valence-electron chi connectivity index (χ0n) is 13.0. The van der Waals surface area contributed by atoms with Crippen LogP contribution in [0.2, 0.25) is 0 Å². The number of aliphatic hydroxyl groups excluding tert-OH is 1. The minimum absolute atomic E-state index is 0.0332. The van der Waals surface area contributed by atoms with E-state index in [1.807, 2.05) is 42.3 Å². The second kappa shape index (κ2) is 6.60. The van der Waals surface area contributed by atoms with E-state index in [2.05, 4.69) is 22.1 Å². The maximum Gasteiger partial charge on any atom is 0.108 e. The Morgan fingerprint density at radius 2 is 2.09 bits per heavy atom. The van der Waals surface area contributed by atoms with E-state index >= 15 is 0 Å². The first-order valence-electron chi connectivity index (χ1n) is 7.68. The summed E-state index contributed by atoms with van der Waals surface area (Å²) in [5.74, 6) is 0. The van der Waals surface area contributed by atoms with Crippen LogP contribution in [0.15, 0.2) is 42.7 Å². The van der Waals surface area contributed by atoms with Crippen LogP contribution in [0.1, 0.15) is 11.1 Å². The van der Waals surface area contributed by atoms with Gasteiger partial charge in [0, 0.05) is 44.9 Å². The van der Waals surface area contributed by atoms with E-state index < -0.39 is 5.60 Å². The molecule has 1 fully saturated rings. The maximum absolute atomic E-state index is 9.92. The van der Waals surface area contributed by atoms with E-state index in [1.165, 1.54) is 11.1 Å². The second-order valence-corrected chi connectivity index (χ2v) is 6.08. The quantitative estimate of drug-likeness (QED) is 0.902. The largest absolute Gasteiger partial charge is 0.393 e. The standard InChI is InChI=1S/C17H23N3O2/c1-19-11-16(10-18-19)12-20-7-8-22-17(13-20,14-21)9-15-5-3-2-4-6-15/h2-6,10-11,21H,7-9,12-14H2,1H3. The van der Waals surface area contributed by atoms with Gasteiger partial charge < -0.3 is 9.84 Å². The molecule has 0 aliphatic carbocycles. The maximum atomic E-state index is 9.92. The monoisotopic (exact) mass is 301 g/mol. The van der Waals surface area contributed by atoms with Crippen molar-refractivity contribution in [2.75, 3.05) is 26.3 Å². The molecule has 0 radical (unpaired) electrons. The summed E-state index contributed by atoms with van der Waals surface area (Å²) in [6.45, 7) is 3.13. The number of morpholine rings is 1. The molecule has 0 amide bonds. The van der Waals surface area contributed by atoms with Gasteiger partial charge in [0.25, 0.3) is 0 Å². The number of nitrogens with zero attached hydrogens (tertiary/aromatic N) is 3. The first-order chi connectivity index (χ1) is 10.7. The highest BCUT2D eigenvalue weighted by molar-refractivity contribution is 5.18. The summed E-state index contributed by atoms with van der Waals surface area (Å²) in [6.07, 6.45) is 4.66. The van der Waals surface area contributed by atoms with Crippen molar-refractivity contribution in [3.63, 3.8) is 0 Å². The molecule has 1 N–H and O–H groups in total. The summed E-state index contributed by atoms with van der Waals surface area (Å²) < 4.78 is 7.80. The third-order valence-electron chi connectivity index (χ3n) is 4.15. The van der Waals surface area contributed by atoms with Gasteiger partial charge in [0.15, 0.2) is 0 Å². The molecule has 1 unspecified atom stereocenters. The average molecular weight is 301 g/mol. The topological polar surface area (TPSA) is 50.5 Å². The molecule has 118 valence electrons. The Balaban J connectivity index is 1.69. The minimum Gasteiger partial charge on any atom is -0.393 e. The number of rotatable bonds is 5. The molecule has 5 nitrogen and oxygen atoms in total. The fraction of sp³-hybridized carbons (Fsp3) is 0.471. The van der Waals surface area contributed by atoms with Crippen LogP contribution in [0, 0.1) is 0 Å². The number of aryl methyl sites for hydroxylation is 1. The molecule has 22 heavy (non-hydrogen) atoms. The third-order valence-corrected chi connectivity index (χ3v) is 4.15. The molecule has 3 rings (SSSR count). The summed E-state index contributed by atoms with van der Waals surface area (Å²) in [6, 6.07) is 10.2. The first-order valence-corrected chi connectivity index (χ1v) is 7.68. The van der Waals surface area contributed by atoms with Gasteiger partial charge >= 0.3 is 0 Å². The Morgan fingerprint density at radius 1 is 1.27 bits per heavy atom. The number of ether oxygens (including phenoxy) is 1. The summed E-state index contributed by atoms with van der Waals surface area (Å²) in [5.41, 5.74) is 1.87. The van der Waals surface area contributed by atoms with E-state index in [1.54, 1.807) is 0 Å². The van der Waals surface area contributed by atoms with E-state index in [0.717, 1.165) is 26.1 Å². The van der Waals surface area contributed by atoms with Crippen molar-refractivity contribution >= 4 is 0 Å². The normalized spacial score (nSPS) is 22.8. The fourth-order valence-corrected chi connectivity index (χ4v) is 3.10. The molecule has 1 aromatic heterocycles. The summed E-state index contributed by atoms with van der Waals surface area (Å²) in [7, 11) is 1.93. The number of aromatic nitrogens is 2. The molecule has 1 aromatic carbocycles. The van der Waals surface area contributed by atoms with Gasteiger partial charge in [-0.1, -0.05) is 30.3 Å². The van der Waals surface area contributed by atoms with Gasteiger partial charge in [-0.2, -0.15) is 5.10 Å². The third kappa shape index (κ3) is 3.55. The fourth-order valence-electron chi connectivity index (χ4n) is 3.10. The predicted molar refractivity (Wildman–Crippen MR) is 84.4 cm³/mol. The zero-order valence-corrected chi connectivity index (χ0v) is 13.0. The molecule has 0 saturated carbocycles. The summed E-state index contributed by atoms with van der Waals surface area (Å²) in [5, 5.41) is 14.1. The van der Waals surface area contributed by atoms with Crippen LogP contribution < -0.4 is 0 Å². The number of benzene rings is 1. The molecule has 1 aliphatic rings. The minimum atomic E-state index is -0.512. The van der Waals surface area contributed by atoms with Crippen molar-refractivity contribution in [3.05, 3.63) is 53.9 Å². The van der Waals surface area contributed by atoms with Crippen molar-refractivity contribution in [2.45, 2.75) is 18.6 Å². The Morgan fingerprint density at radius 3 is 2.77 bits per heavy atom. The van der Waals surface area contributed by atoms with Crippen LogP contribution >= 0.6 is 0 Å². The van der Waals surface area contributed by atoms with Crippen molar-refractivity contribution in [2.24, 2.45) is 7.05 Å². The van der Waals surface area contributed by atoms with E-state index in [9.17, 15) is 5.11 Å². The van der Waals surface area contributed by atoms with Crippen molar-refractivity contribution in [3.8, 4) is 0 Å². The van der Waals surface area contributed by atoms with Gasteiger partial charge in [-0.05, 0) is 5.56 Å². The van der Waals surface area contributed by atoms with Crippen LogP contribution in [0.5, 0.6) is 0 Å². The molecular weight excluding hydrogens is 278 g/mol. The van der Waals surface area contributed by atoms with Crippen LogP contribution in [0.4, 0.5) is 0 Å². The Hall–Kier alpha value is -1.69. The van der Waals surface area contributed by atoms with Crippen LogP contribution in [-0.4, -0.2) is 51.7 Å². The van der Waals surface area contributed by atoms with Crippen molar-refractivity contribution in [1.82, 2.24) is 14.7 Å². The molecule has 0 bridgehead atoms. The average Bonchev–Trinajstić information content (AvgIpc) is 2.94. The molecule has 1 atom stereocenters. The van der Waals surface area contributed by atoms with E-state index in [0.29, 0.717) is 6.61 Å². The molecule has 1 aliphatic heterocycles. The molecule has 2 aromatic rings. The SMILES string of the molecule is Cn1cc(CN2CCOC(CO)(Cc3ccccc3)C2)cn1. The van der Waals surface area contributed by atoms with Crippen LogP contribution in [0.25, 0.3) is 0 Å². The van der Waals surface area contributed by atoms with Gasteiger partial charge in [0.05, 0.1) is 19.4 Å². The van der Waals surface area contributed by atoms with Gasteiger partial charge in [-0.25, -0.2) is 0 Å². The van der Waals surface area contributed by atoms with Crippen molar-refractivity contribution in [1.29, 1.82) is 0 Å². The van der Waals surface area contributed by atoms with E-state index in [-0.39, 0.29) is 6.61 Å². The lowest BCUT2D eigenvalue weighted by molar-refractivity contribution is -0.134. The number of aliphatic hydroxyl groups is 1. The van der Waals surface area contributed by atoms with Gasteiger partial charge in [-0.15, -0.1) is 0 Å². The lowest BCUT2D eigenvalue weighted by Gasteiger charge is -2.41. The van der Waals surface area contributed by atoms with Gasteiger partial charge in [-0.3, -0.25) is 9.58 Å². The summed E-state index contributed by atoms with van der Waals surface area (Å²) >= 11 is 0. The second-order valence-electron chi connectivity index (χ2n) is 6.08. The highest BCUT2D eigenvalue weighted by atomic mass is 16.5. The summed E-state index contributed by atoms with van der Waals surface area (Å²) in [4.78, 5) is 2.33. The highest BCUT2D eigenvalue weighted by Gasteiger charge is 2.36. The molecule has 2 heterocycles. The molecule has 5 heteroatoms. The zero-order chi connectivity index (χ0) is 15.4. The Kier molecular flexibility index (Phi) is 4.57. The molecule has 0 spiro atoms. The lowest BCUT2D eigenvalue weighted by Crippen LogP contribution is -2.55. The first kappa shape index (κ1) is 15.2. The molecular formula is C17H23N3O2. The van der Waals surface area contributed by atoms with Crippen LogP contribution in [0.3, 0.4) is 0 Å². The van der Waals surface area contributed by atoms with Gasteiger partial charge in [0.1, 0.15) is 5.60 Å². The Bertz CT molecular complexity index is 599. The number of hydrogen-bond donors (Lipinski definition) is 1. The Labute approximate surface area is 131 Å². The number of hydrogen-bond acceptors (Lipinski definition) is 4. The molecule has 1 saturated heterocycles. The smallest absolute Gasteiger partial charge is 0.108 e. The van der Waals surface area contributed by atoms with Crippen LogP contribution in [-0.2, 0) is 24.8 Å². The van der Waals surface area contributed by atoms with Crippen molar-refractivity contribution < 1.29 is 9.84 Å². The van der Waals surface area contributed by atoms with Gasteiger partial charge in [0.2, 0.25) is 0 Å². The predicted octanol–water partition coefficient (Wildman–Crippen LogP) is 1.23. The highest BCUT2D eigenvalue weighted by Crippen LogP contribution is 2.24.